The van der Waals surface area contributed by atoms with Crippen LogP contribution in [0.3, 0.4) is 0 Å². The lowest BCUT2D eigenvalue weighted by Crippen LogP contribution is -2.23. The van der Waals surface area contributed by atoms with Crippen LogP contribution in [0.1, 0.15) is 107 Å². The molecule has 218 valence electrons. The maximum Gasteiger partial charge on any atom is 0.333 e. The topological polar surface area (TPSA) is 46.5 Å². The average Bonchev–Trinajstić information content (AvgIpc) is 2.96. The molecule has 2 aliphatic carbocycles. The highest BCUT2D eigenvalue weighted by molar-refractivity contribution is 5.86. The van der Waals surface area contributed by atoms with Gasteiger partial charge >= 0.3 is 5.97 Å². The van der Waals surface area contributed by atoms with Crippen LogP contribution in [-0.2, 0) is 9.53 Å². The second-order valence-electron chi connectivity index (χ2n) is 12.4. The predicted octanol–water partition coefficient (Wildman–Crippen LogP) is 9.10. The Bertz CT molecular complexity index is 1140. The lowest BCUT2D eigenvalue weighted by molar-refractivity contribution is -0.140. The van der Waals surface area contributed by atoms with Crippen LogP contribution in [0.2, 0.25) is 0 Å². The van der Waals surface area contributed by atoms with Gasteiger partial charge in [0.1, 0.15) is 11.6 Å². The molecule has 1 atom stereocenters. The number of carbonyl (C=O) groups is 1. The van der Waals surface area contributed by atoms with Gasteiger partial charge in [-0.25, -0.2) is 13.6 Å². The van der Waals surface area contributed by atoms with Crippen LogP contribution >= 0.6 is 0 Å². The summed E-state index contributed by atoms with van der Waals surface area (Å²) in [6.45, 7) is 7.59. The van der Waals surface area contributed by atoms with Crippen LogP contribution < -0.4 is 0 Å². The molecule has 0 amide bonds. The molecule has 0 spiro atoms. The summed E-state index contributed by atoms with van der Waals surface area (Å²) in [5.74, 6) is 0.719. The smallest absolute Gasteiger partial charge is 0.333 e. The van der Waals surface area contributed by atoms with Crippen molar-refractivity contribution in [3.63, 3.8) is 0 Å². The summed E-state index contributed by atoms with van der Waals surface area (Å²) in [5, 5.41) is 9.73. The fourth-order valence-electron chi connectivity index (χ4n) is 6.93. The summed E-state index contributed by atoms with van der Waals surface area (Å²) >= 11 is 0. The summed E-state index contributed by atoms with van der Waals surface area (Å²) in [7, 11) is 0. The number of aliphatic hydroxyl groups excluding tert-OH is 1. The van der Waals surface area contributed by atoms with Crippen molar-refractivity contribution in [1.29, 1.82) is 0 Å². The third kappa shape index (κ3) is 7.81. The molecule has 2 saturated carbocycles. The highest BCUT2D eigenvalue weighted by atomic mass is 19.1. The van der Waals surface area contributed by atoms with Crippen molar-refractivity contribution in [3.8, 4) is 11.1 Å². The molecule has 5 heteroatoms. The van der Waals surface area contributed by atoms with Gasteiger partial charge in [-0.15, -0.1) is 0 Å². The fourth-order valence-corrected chi connectivity index (χ4v) is 6.93. The van der Waals surface area contributed by atoms with Gasteiger partial charge in [-0.1, -0.05) is 50.6 Å². The molecule has 0 bridgehead atoms. The monoisotopic (exact) mass is 552 g/mol. The van der Waals surface area contributed by atoms with E-state index in [0.717, 1.165) is 56.4 Å². The maximum atomic E-state index is 15.3. The minimum Gasteiger partial charge on any atom is -0.462 e. The quantitative estimate of drug-likeness (QED) is 0.223. The molecule has 3 nitrogen and oxygen atoms in total. The summed E-state index contributed by atoms with van der Waals surface area (Å²) in [6.07, 6.45) is 11.6. The molecule has 2 aliphatic rings. The van der Waals surface area contributed by atoms with Crippen molar-refractivity contribution in [2.75, 3.05) is 13.2 Å². The van der Waals surface area contributed by atoms with Crippen molar-refractivity contribution >= 4 is 5.97 Å². The zero-order valence-corrected chi connectivity index (χ0v) is 24.3. The Kier molecular flexibility index (Phi) is 10.9. The molecule has 0 aliphatic heterocycles. The highest BCUT2D eigenvalue weighted by Crippen LogP contribution is 2.41. The second-order valence-corrected chi connectivity index (χ2v) is 12.4. The predicted molar refractivity (Wildman–Crippen MR) is 157 cm³/mol. The minimum absolute atomic E-state index is 0.0306. The Morgan fingerprint density at radius 3 is 2.23 bits per heavy atom. The maximum absolute atomic E-state index is 15.3. The van der Waals surface area contributed by atoms with E-state index in [0.29, 0.717) is 34.1 Å². The molecule has 40 heavy (non-hydrogen) atoms. The van der Waals surface area contributed by atoms with E-state index in [9.17, 15) is 9.90 Å². The first-order chi connectivity index (χ1) is 19.3. The first kappa shape index (κ1) is 30.4. The van der Waals surface area contributed by atoms with Crippen LogP contribution in [0, 0.1) is 29.4 Å². The van der Waals surface area contributed by atoms with Gasteiger partial charge in [0, 0.05) is 23.7 Å². The second kappa shape index (κ2) is 14.4. The zero-order valence-electron chi connectivity index (χ0n) is 24.3. The summed E-state index contributed by atoms with van der Waals surface area (Å²) in [4.78, 5) is 11.7. The Morgan fingerprint density at radius 2 is 1.62 bits per heavy atom. The molecular formula is C35H46F2O3. The number of benzene rings is 2. The van der Waals surface area contributed by atoms with Gasteiger partial charge in [0.25, 0.3) is 0 Å². The molecule has 1 N–H and O–H groups in total. The van der Waals surface area contributed by atoms with Crippen LogP contribution in [0.4, 0.5) is 8.78 Å². The molecule has 2 aromatic carbocycles. The van der Waals surface area contributed by atoms with Crippen molar-refractivity contribution in [3.05, 3.63) is 71.3 Å². The molecule has 4 rings (SSSR count). The Labute approximate surface area is 239 Å². The first-order valence-electron chi connectivity index (χ1n) is 15.3. The minimum atomic E-state index is -0.429. The lowest BCUT2D eigenvalue weighted by atomic mass is 9.75. The number of hydrogen-bond acceptors (Lipinski definition) is 3. The van der Waals surface area contributed by atoms with Crippen molar-refractivity contribution in [1.82, 2.24) is 0 Å². The Balaban J connectivity index is 1.32. The van der Waals surface area contributed by atoms with Crippen molar-refractivity contribution in [2.45, 2.75) is 96.3 Å². The fraction of sp³-hybridized carbons (Fsp3) is 0.571. The largest absolute Gasteiger partial charge is 0.462 e. The van der Waals surface area contributed by atoms with E-state index in [-0.39, 0.29) is 36.7 Å². The van der Waals surface area contributed by atoms with Gasteiger partial charge in [-0.3, -0.25) is 0 Å². The molecule has 0 radical (unpaired) electrons. The van der Waals surface area contributed by atoms with Gasteiger partial charge < -0.3 is 9.84 Å². The van der Waals surface area contributed by atoms with E-state index < -0.39 is 5.97 Å². The van der Waals surface area contributed by atoms with Crippen molar-refractivity contribution < 1.29 is 23.4 Å². The Morgan fingerprint density at radius 1 is 0.950 bits per heavy atom. The van der Waals surface area contributed by atoms with Crippen LogP contribution in [0.15, 0.2) is 48.6 Å². The summed E-state index contributed by atoms with van der Waals surface area (Å²) < 4.78 is 35.8. The lowest BCUT2D eigenvalue weighted by Gasteiger charge is -2.31. The third-order valence-corrected chi connectivity index (χ3v) is 9.33. The van der Waals surface area contributed by atoms with Crippen LogP contribution in [0.25, 0.3) is 11.1 Å². The SMILES string of the molecule is C=C(C)C(=O)OCC(CO)CC1CCC(c2ccc(-c3ccc(C4CCC(CCC)CC4)cc3F)cc2F)CC1. The first-order valence-corrected chi connectivity index (χ1v) is 15.3. The molecule has 1 unspecified atom stereocenters. The molecular weight excluding hydrogens is 506 g/mol. The highest BCUT2D eigenvalue weighted by Gasteiger charge is 2.27. The normalized spacial score (nSPS) is 23.9. The summed E-state index contributed by atoms with van der Waals surface area (Å²) in [6, 6.07) is 10.7. The number of hydrogen-bond donors (Lipinski definition) is 1. The van der Waals surface area contributed by atoms with E-state index in [1.807, 2.05) is 24.3 Å². The van der Waals surface area contributed by atoms with E-state index >= 15 is 8.78 Å². The van der Waals surface area contributed by atoms with E-state index in [1.165, 1.54) is 31.7 Å². The van der Waals surface area contributed by atoms with Crippen LogP contribution in [-0.4, -0.2) is 24.3 Å². The van der Waals surface area contributed by atoms with E-state index in [2.05, 4.69) is 13.5 Å². The molecule has 0 heterocycles. The van der Waals surface area contributed by atoms with Crippen LogP contribution in [0.5, 0.6) is 0 Å². The number of rotatable bonds is 11. The number of carbonyl (C=O) groups excluding carboxylic acids is 1. The number of esters is 1. The molecule has 2 fully saturated rings. The van der Waals surface area contributed by atoms with Gasteiger partial charge in [-0.2, -0.15) is 0 Å². The number of ether oxygens (including phenoxy) is 1. The average molecular weight is 553 g/mol. The molecule has 0 aromatic heterocycles. The van der Waals surface area contributed by atoms with Crippen molar-refractivity contribution in [2.24, 2.45) is 17.8 Å². The Hall–Kier alpha value is -2.53. The zero-order chi connectivity index (χ0) is 28.6. The standard InChI is InChI=1S/C35H46F2O3/c1-4-5-24-6-10-27(11-7-24)29-14-16-32(33(36)19-29)30-15-17-31(34(37)20-30)28-12-8-25(9-13-28)18-26(21-38)22-40-35(39)23(2)3/h14-17,19-20,24-28,38H,2,4-13,18,21-22H2,1,3H3. The van der Waals surface area contributed by atoms with Gasteiger partial charge in [0.05, 0.1) is 6.61 Å². The molecule has 0 saturated heterocycles. The number of aliphatic hydroxyl groups is 1. The van der Waals surface area contributed by atoms with Gasteiger partial charge in [-0.05, 0) is 117 Å². The van der Waals surface area contributed by atoms with E-state index in [4.69, 9.17) is 4.74 Å². The van der Waals surface area contributed by atoms with Gasteiger partial charge in [0.15, 0.2) is 0 Å². The number of halogens is 2. The van der Waals surface area contributed by atoms with E-state index in [1.54, 1.807) is 13.0 Å². The third-order valence-electron chi connectivity index (χ3n) is 9.33. The van der Waals surface area contributed by atoms with Gasteiger partial charge in [0.2, 0.25) is 0 Å². The molecule has 2 aromatic rings. The summed E-state index contributed by atoms with van der Waals surface area (Å²) in [5.41, 5.74) is 3.17.